The molecule has 3 amide bonds. The van der Waals surface area contributed by atoms with E-state index in [2.05, 4.69) is 10.3 Å². The van der Waals surface area contributed by atoms with Crippen LogP contribution in [0.2, 0.25) is 5.02 Å². The van der Waals surface area contributed by atoms with Gasteiger partial charge in [0.05, 0.1) is 16.3 Å². The van der Waals surface area contributed by atoms with Crippen LogP contribution in [0.1, 0.15) is 11.3 Å². The molecule has 1 aliphatic rings. The third kappa shape index (κ3) is 4.02. The maximum atomic E-state index is 14.1. The maximum Gasteiger partial charge on any atom is 0.416 e. The van der Waals surface area contributed by atoms with E-state index >= 15 is 0 Å². The van der Waals surface area contributed by atoms with Gasteiger partial charge in [-0.1, -0.05) is 11.6 Å². The van der Waals surface area contributed by atoms with Crippen molar-refractivity contribution in [2.45, 2.75) is 19.1 Å². The number of aryl methyl sites for hydroxylation is 1. The molecule has 1 N–H and O–H groups in total. The number of nitrogens with zero attached hydrogens (tertiary/aromatic N) is 3. The highest BCUT2D eigenvalue weighted by atomic mass is 35.5. The van der Waals surface area contributed by atoms with Gasteiger partial charge >= 0.3 is 12.2 Å². The summed E-state index contributed by atoms with van der Waals surface area (Å²) in [6.07, 6.45) is -4.69. The Morgan fingerprint density at radius 1 is 1.23 bits per heavy atom. The number of likely N-dealkylation sites (N-methyl/N-ethyl adjacent to an activating group) is 1. The number of rotatable bonds is 3. The van der Waals surface area contributed by atoms with Gasteiger partial charge < -0.3 is 10.2 Å². The van der Waals surface area contributed by atoms with Crippen LogP contribution in [0.4, 0.5) is 38.3 Å². The minimum Gasteiger partial charge on any atom is -0.335 e. The predicted molar refractivity (Wildman–Crippen MR) is 98.4 cm³/mol. The monoisotopic (exact) mass is 448 g/mol. The fourth-order valence-corrected chi connectivity index (χ4v) is 3.17. The van der Waals surface area contributed by atoms with Gasteiger partial charge in [-0.3, -0.25) is 9.69 Å². The molecule has 0 saturated carbocycles. The number of halogens is 6. The first-order chi connectivity index (χ1) is 13.9. The summed E-state index contributed by atoms with van der Waals surface area (Å²) in [5.41, 5.74) is -1.42. The Morgan fingerprint density at radius 3 is 2.53 bits per heavy atom. The largest absolute Gasteiger partial charge is 0.416 e. The molecule has 2 aromatic rings. The summed E-state index contributed by atoms with van der Waals surface area (Å²) in [7, 11) is 1.17. The number of pyridine rings is 1. The van der Waals surface area contributed by atoms with E-state index in [1.54, 1.807) is 0 Å². The number of urea groups is 1. The predicted octanol–water partition coefficient (Wildman–Crippen LogP) is 3.90. The van der Waals surface area contributed by atoms with E-state index in [-0.39, 0.29) is 23.7 Å². The molecule has 1 aromatic carbocycles. The normalized spacial score (nSPS) is 16.6. The Kier molecular flexibility index (Phi) is 5.59. The SMILES string of the molecule is Cc1cc(C(F)(F)F)cc(N2C(=O)NC[C@H]2C(=O)N(C)c2cc(Cl)c(F)cc2F)n1. The highest BCUT2D eigenvalue weighted by molar-refractivity contribution is 6.31. The number of hydrogen-bond donors (Lipinski definition) is 1. The van der Waals surface area contributed by atoms with E-state index in [1.807, 2.05) is 0 Å². The van der Waals surface area contributed by atoms with Crippen LogP contribution in [-0.2, 0) is 11.0 Å². The molecule has 12 heteroatoms. The Labute approximate surface area is 172 Å². The highest BCUT2D eigenvalue weighted by Gasteiger charge is 2.41. The fourth-order valence-electron chi connectivity index (χ4n) is 3.01. The van der Waals surface area contributed by atoms with Crippen molar-refractivity contribution in [3.05, 3.63) is 52.2 Å². The van der Waals surface area contributed by atoms with Crippen LogP contribution in [0.3, 0.4) is 0 Å². The third-order valence-electron chi connectivity index (χ3n) is 4.46. The number of carbonyl (C=O) groups is 2. The molecule has 160 valence electrons. The minimum atomic E-state index is -4.69. The number of benzene rings is 1. The number of hydrogen-bond acceptors (Lipinski definition) is 3. The number of alkyl halides is 3. The lowest BCUT2D eigenvalue weighted by Crippen LogP contribution is -2.47. The van der Waals surface area contributed by atoms with Crippen molar-refractivity contribution in [3.63, 3.8) is 0 Å². The first-order valence-electron chi connectivity index (χ1n) is 8.45. The van der Waals surface area contributed by atoms with Gasteiger partial charge in [0.25, 0.3) is 5.91 Å². The van der Waals surface area contributed by atoms with Crippen molar-refractivity contribution in [1.82, 2.24) is 10.3 Å². The maximum absolute atomic E-state index is 14.1. The summed E-state index contributed by atoms with van der Waals surface area (Å²) in [6.45, 7) is 1.06. The van der Waals surface area contributed by atoms with Crippen molar-refractivity contribution in [2.75, 3.05) is 23.4 Å². The zero-order valence-electron chi connectivity index (χ0n) is 15.5. The molecular weight excluding hydrogens is 435 g/mol. The van der Waals surface area contributed by atoms with Crippen molar-refractivity contribution >= 4 is 35.0 Å². The first kappa shape index (κ1) is 21.8. The van der Waals surface area contributed by atoms with Gasteiger partial charge in [0.2, 0.25) is 0 Å². The van der Waals surface area contributed by atoms with Crippen molar-refractivity contribution < 1.29 is 31.5 Å². The molecule has 1 saturated heterocycles. The lowest BCUT2D eigenvalue weighted by molar-refractivity contribution is -0.137. The second-order valence-electron chi connectivity index (χ2n) is 6.54. The molecule has 0 aliphatic carbocycles. The van der Waals surface area contributed by atoms with Gasteiger partial charge in [0, 0.05) is 25.4 Å². The number of anilines is 2. The topological polar surface area (TPSA) is 65.5 Å². The first-order valence-corrected chi connectivity index (χ1v) is 8.83. The molecule has 0 unspecified atom stereocenters. The number of nitrogens with one attached hydrogen (secondary N) is 1. The van der Waals surface area contributed by atoms with Crippen molar-refractivity contribution in [3.8, 4) is 0 Å². The van der Waals surface area contributed by atoms with Gasteiger partial charge in [-0.15, -0.1) is 0 Å². The molecule has 0 bridgehead atoms. The molecule has 1 aromatic heterocycles. The summed E-state index contributed by atoms with van der Waals surface area (Å²) in [4.78, 5) is 30.7. The quantitative estimate of drug-likeness (QED) is 0.572. The van der Waals surface area contributed by atoms with Gasteiger partial charge in [-0.05, 0) is 25.1 Å². The summed E-state index contributed by atoms with van der Waals surface area (Å²) in [5.74, 6) is -3.33. The fraction of sp³-hybridized carbons (Fsp3) is 0.278. The minimum absolute atomic E-state index is 0.0181. The van der Waals surface area contributed by atoms with E-state index in [9.17, 15) is 31.5 Å². The summed E-state index contributed by atoms with van der Waals surface area (Å²) >= 11 is 5.65. The van der Waals surface area contributed by atoms with E-state index in [0.717, 1.165) is 21.9 Å². The Morgan fingerprint density at radius 2 is 1.90 bits per heavy atom. The molecule has 2 heterocycles. The van der Waals surface area contributed by atoms with E-state index in [1.165, 1.54) is 14.0 Å². The molecular formula is C18H14ClF5N4O2. The molecule has 30 heavy (non-hydrogen) atoms. The zero-order chi connectivity index (χ0) is 22.4. The summed E-state index contributed by atoms with van der Waals surface area (Å²) in [5, 5.41) is 1.92. The lowest BCUT2D eigenvalue weighted by Gasteiger charge is -2.27. The number of aromatic nitrogens is 1. The van der Waals surface area contributed by atoms with Gasteiger partial charge in [0.1, 0.15) is 23.5 Å². The molecule has 0 radical (unpaired) electrons. The van der Waals surface area contributed by atoms with Crippen molar-refractivity contribution in [1.29, 1.82) is 0 Å². The Balaban J connectivity index is 1.98. The average Bonchev–Trinajstić information content (AvgIpc) is 3.03. The van der Waals surface area contributed by atoms with Gasteiger partial charge in [-0.25, -0.2) is 18.6 Å². The number of carbonyl (C=O) groups excluding carboxylic acids is 2. The second kappa shape index (κ2) is 7.71. The molecule has 1 aliphatic heterocycles. The van der Waals surface area contributed by atoms with Crippen LogP contribution >= 0.6 is 11.6 Å². The van der Waals surface area contributed by atoms with Crippen LogP contribution in [-0.4, -0.2) is 36.6 Å². The lowest BCUT2D eigenvalue weighted by atomic mass is 10.1. The smallest absolute Gasteiger partial charge is 0.335 e. The second-order valence-corrected chi connectivity index (χ2v) is 6.95. The van der Waals surface area contributed by atoms with E-state index < -0.39 is 46.4 Å². The zero-order valence-corrected chi connectivity index (χ0v) is 16.3. The molecule has 1 fully saturated rings. The summed E-state index contributed by atoms with van der Waals surface area (Å²) < 4.78 is 67.0. The van der Waals surface area contributed by atoms with Crippen LogP contribution in [0, 0.1) is 18.6 Å². The van der Waals surface area contributed by atoms with Gasteiger partial charge in [0.15, 0.2) is 0 Å². The molecule has 1 atom stereocenters. The van der Waals surface area contributed by atoms with E-state index in [0.29, 0.717) is 12.1 Å². The van der Waals surface area contributed by atoms with E-state index in [4.69, 9.17) is 11.6 Å². The number of amides is 3. The molecule has 3 rings (SSSR count). The van der Waals surface area contributed by atoms with Gasteiger partial charge in [-0.2, -0.15) is 13.2 Å². The average molecular weight is 449 g/mol. The highest BCUT2D eigenvalue weighted by Crippen LogP contribution is 2.33. The third-order valence-corrected chi connectivity index (χ3v) is 4.75. The van der Waals surface area contributed by atoms with Crippen LogP contribution in [0.15, 0.2) is 24.3 Å². The molecule has 0 spiro atoms. The molecule has 6 nitrogen and oxygen atoms in total. The standard InChI is InChI=1S/C18H14ClF5N4O2/c1-8-3-9(18(22,23)24)4-15(26-8)28-14(7-25-17(28)30)16(29)27(2)13-5-10(19)11(20)6-12(13)21/h3-6,14H,7H2,1-2H3,(H,25,30)/t14-/m0/s1. The van der Waals surface area contributed by atoms with Crippen LogP contribution in [0.25, 0.3) is 0 Å². The Hall–Kier alpha value is -2.95. The van der Waals surface area contributed by atoms with Crippen molar-refractivity contribution in [2.24, 2.45) is 0 Å². The van der Waals surface area contributed by atoms with Crippen LogP contribution < -0.4 is 15.1 Å². The Bertz CT molecular complexity index is 1030. The summed E-state index contributed by atoms with van der Waals surface area (Å²) in [6, 6.07) is 0.677. The van der Waals surface area contributed by atoms with Crippen LogP contribution in [0.5, 0.6) is 0 Å².